The molecule has 4 heteroatoms. The molecule has 2 rings (SSSR count). The number of allylic oxidation sites excluding steroid dienone is 3. The van der Waals surface area contributed by atoms with E-state index in [1.807, 2.05) is 73.7 Å². The molecule has 158 valence electrons. The van der Waals surface area contributed by atoms with Gasteiger partial charge < -0.3 is 9.47 Å². The fourth-order valence-electron chi connectivity index (χ4n) is 2.89. The molecule has 0 radical (unpaired) electrons. The van der Waals surface area contributed by atoms with Crippen molar-refractivity contribution in [2.45, 2.75) is 46.1 Å². The second-order valence-electron chi connectivity index (χ2n) is 7.42. The molecule has 0 bridgehead atoms. The largest absolute Gasteiger partial charge is 0.461 e. The summed E-state index contributed by atoms with van der Waals surface area (Å²) < 4.78 is 10.8. The van der Waals surface area contributed by atoms with Gasteiger partial charge in [0.25, 0.3) is 0 Å². The highest BCUT2D eigenvalue weighted by Crippen LogP contribution is 2.26. The summed E-state index contributed by atoms with van der Waals surface area (Å²) in [6.07, 6.45) is 4.95. The average molecular weight is 407 g/mol. The SMILES string of the molecule is CC(C)=CCC/C(C)=C/COC(=O)CC(=O)OC(c1ccccc1)c1ccccc1. The van der Waals surface area contributed by atoms with Gasteiger partial charge in [-0.15, -0.1) is 0 Å². The van der Waals surface area contributed by atoms with E-state index >= 15 is 0 Å². The van der Waals surface area contributed by atoms with Crippen LogP contribution in [0.1, 0.15) is 57.3 Å². The minimum atomic E-state index is -0.609. The molecule has 0 unspecified atom stereocenters. The van der Waals surface area contributed by atoms with Crippen LogP contribution in [0.5, 0.6) is 0 Å². The Morgan fingerprint density at radius 2 is 1.40 bits per heavy atom. The number of esters is 2. The Bertz CT molecular complexity index is 823. The highest BCUT2D eigenvalue weighted by Gasteiger charge is 2.21. The Hall–Kier alpha value is -3.14. The number of hydrogen-bond donors (Lipinski definition) is 0. The van der Waals surface area contributed by atoms with Crippen molar-refractivity contribution in [3.8, 4) is 0 Å². The molecule has 30 heavy (non-hydrogen) atoms. The second-order valence-corrected chi connectivity index (χ2v) is 7.42. The molecule has 0 aliphatic heterocycles. The first kappa shape index (κ1) is 23.1. The van der Waals surface area contributed by atoms with Gasteiger partial charge in [-0.05, 0) is 50.8 Å². The Morgan fingerprint density at radius 3 is 1.93 bits per heavy atom. The van der Waals surface area contributed by atoms with E-state index in [4.69, 9.17) is 9.47 Å². The minimum absolute atomic E-state index is 0.160. The van der Waals surface area contributed by atoms with Crippen LogP contribution in [0.15, 0.2) is 84.0 Å². The number of carbonyl (C=O) groups is 2. The Balaban J connectivity index is 1.88. The van der Waals surface area contributed by atoms with Gasteiger partial charge in [0.2, 0.25) is 0 Å². The summed E-state index contributed by atoms with van der Waals surface area (Å²) in [5, 5.41) is 0. The summed E-state index contributed by atoms with van der Waals surface area (Å²) in [5.41, 5.74) is 4.13. The highest BCUT2D eigenvalue weighted by molar-refractivity contribution is 5.91. The molecule has 0 saturated heterocycles. The molecule has 0 fully saturated rings. The lowest BCUT2D eigenvalue weighted by atomic mass is 10.0. The smallest absolute Gasteiger partial charge is 0.318 e. The topological polar surface area (TPSA) is 52.6 Å². The van der Waals surface area contributed by atoms with Crippen LogP contribution in [-0.2, 0) is 19.1 Å². The molecule has 2 aromatic rings. The van der Waals surface area contributed by atoms with Crippen LogP contribution in [0.4, 0.5) is 0 Å². The lowest BCUT2D eigenvalue weighted by molar-refractivity contribution is -0.156. The van der Waals surface area contributed by atoms with Gasteiger partial charge in [-0.1, -0.05) is 77.9 Å². The van der Waals surface area contributed by atoms with Crippen molar-refractivity contribution in [3.63, 3.8) is 0 Å². The first-order chi connectivity index (χ1) is 14.5. The van der Waals surface area contributed by atoms with Gasteiger partial charge in [0.15, 0.2) is 6.10 Å². The van der Waals surface area contributed by atoms with Crippen LogP contribution >= 0.6 is 0 Å². The number of hydrogen-bond acceptors (Lipinski definition) is 4. The van der Waals surface area contributed by atoms with Gasteiger partial charge in [0.1, 0.15) is 13.0 Å². The molecule has 0 amide bonds. The van der Waals surface area contributed by atoms with E-state index in [9.17, 15) is 9.59 Å². The Kier molecular flexibility index (Phi) is 9.59. The molecule has 0 aliphatic carbocycles. The maximum Gasteiger partial charge on any atom is 0.318 e. The van der Waals surface area contributed by atoms with E-state index in [0.717, 1.165) is 29.5 Å². The maximum absolute atomic E-state index is 12.4. The third-order valence-corrected chi connectivity index (χ3v) is 4.51. The molecule has 2 aromatic carbocycles. The van der Waals surface area contributed by atoms with Crippen LogP contribution < -0.4 is 0 Å². The molecule has 0 aliphatic rings. The Labute approximate surface area is 179 Å². The lowest BCUT2D eigenvalue weighted by Gasteiger charge is -2.18. The molecule has 0 aromatic heterocycles. The summed E-state index contributed by atoms with van der Waals surface area (Å²) in [6.45, 7) is 6.30. The fraction of sp³-hybridized carbons (Fsp3) is 0.308. The van der Waals surface area contributed by atoms with E-state index in [-0.39, 0.29) is 6.61 Å². The van der Waals surface area contributed by atoms with Crippen molar-refractivity contribution >= 4 is 11.9 Å². The highest BCUT2D eigenvalue weighted by atomic mass is 16.6. The zero-order chi connectivity index (χ0) is 21.8. The minimum Gasteiger partial charge on any atom is -0.461 e. The standard InChI is InChI=1S/C26H30O4/c1-20(2)11-10-12-21(3)17-18-29-24(27)19-25(28)30-26(22-13-6-4-7-14-22)23-15-8-5-9-16-23/h4-9,11,13-17,26H,10,12,18-19H2,1-3H3/b21-17+. The van der Waals surface area contributed by atoms with Crippen LogP contribution in [0.2, 0.25) is 0 Å². The van der Waals surface area contributed by atoms with Crippen molar-refractivity contribution in [3.05, 3.63) is 95.1 Å². The molecule has 0 heterocycles. The summed E-state index contributed by atoms with van der Waals surface area (Å²) in [7, 11) is 0. The van der Waals surface area contributed by atoms with E-state index < -0.39 is 24.5 Å². The van der Waals surface area contributed by atoms with Gasteiger partial charge in [0.05, 0.1) is 0 Å². The van der Waals surface area contributed by atoms with Crippen LogP contribution in [0.3, 0.4) is 0 Å². The summed E-state index contributed by atoms with van der Waals surface area (Å²) in [5.74, 6) is -1.20. The van der Waals surface area contributed by atoms with Crippen molar-refractivity contribution in [2.75, 3.05) is 6.61 Å². The van der Waals surface area contributed by atoms with Gasteiger partial charge in [-0.2, -0.15) is 0 Å². The molecule has 0 spiro atoms. The van der Waals surface area contributed by atoms with Crippen molar-refractivity contribution in [2.24, 2.45) is 0 Å². The lowest BCUT2D eigenvalue weighted by Crippen LogP contribution is -2.17. The monoisotopic (exact) mass is 406 g/mol. The van der Waals surface area contributed by atoms with Crippen LogP contribution in [-0.4, -0.2) is 18.5 Å². The predicted molar refractivity (Wildman–Crippen MR) is 119 cm³/mol. The number of carbonyl (C=O) groups excluding carboxylic acids is 2. The second kappa shape index (κ2) is 12.4. The molecule has 0 atom stereocenters. The average Bonchev–Trinajstić information content (AvgIpc) is 2.73. The number of ether oxygens (including phenoxy) is 2. The van der Waals surface area contributed by atoms with Crippen molar-refractivity contribution < 1.29 is 19.1 Å². The predicted octanol–water partition coefficient (Wildman–Crippen LogP) is 5.95. The first-order valence-corrected chi connectivity index (χ1v) is 10.2. The summed E-state index contributed by atoms with van der Waals surface area (Å²) >= 11 is 0. The first-order valence-electron chi connectivity index (χ1n) is 10.2. The van der Waals surface area contributed by atoms with E-state index in [1.165, 1.54) is 5.57 Å². The number of benzene rings is 2. The summed E-state index contributed by atoms with van der Waals surface area (Å²) in [4.78, 5) is 24.4. The quantitative estimate of drug-likeness (QED) is 0.278. The summed E-state index contributed by atoms with van der Waals surface area (Å²) in [6, 6.07) is 18.9. The van der Waals surface area contributed by atoms with E-state index in [0.29, 0.717) is 0 Å². The van der Waals surface area contributed by atoms with Crippen LogP contribution in [0, 0.1) is 0 Å². The Morgan fingerprint density at radius 1 is 0.833 bits per heavy atom. The van der Waals surface area contributed by atoms with Gasteiger partial charge in [-0.25, -0.2) is 0 Å². The van der Waals surface area contributed by atoms with Gasteiger partial charge >= 0.3 is 11.9 Å². The van der Waals surface area contributed by atoms with Crippen molar-refractivity contribution in [1.82, 2.24) is 0 Å². The van der Waals surface area contributed by atoms with E-state index in [1.54, 1.807) is 0 Å². The molecular weight excluding hydrogens is 376 g/mol. The normalized spacial score (nSPS) is 11.1. The molecule has 0 saturated carbocycles. The molecular formula is C26H30O4. The number of rotatable bonds is 10. The van der Waals surface area contributed by atoms with Gasteiger partial charge in [0, 0.05) is 0 Å². The third-order valence-electron chi connectivity index (χ3n) is 4.51. The van der Waals surface area contributed by atoms with Gasteiger partial charge in [-0.3, -0.25) is 9.59 Å². The van der Waals surface area contributed by atoms with Crippen molar-refractivity contribution in [1.29, 1.82) is 0 Å². The zero-order valence-corrected chi connectivity index (χ0v) is 18.0. The third kappa shape index (κ3) is 8.48. The zero-order valence-electron chi connectivity index (χ0n) is 18.0. The van der Waals surface area contributed by atoms with E-state index in [2.05, 4.69) is 19.9 Å². The fourth-order valence-corrected chi connectivity index (χ4v) is 2.89. The van der Waals surface area contributed by atoms with Crippen LogP contribution in [0.25, 0.3) is 0 Å². The molecule has 0 N–H and O–H groups in total. The molecule has 4 nitrogen and oxygen atoms in total. The maximum atomic E-state index is 12.4.